The minimum absolute atomic E-state index is 0.00606. The Morgan fingerprint density at radius 3 is 2.39 bits per heavy atom. The average molecular weight is 499 g/mol. The second kappa shape index (κ2) is 9.96. The van der Waals surface area contributed by atoms with Gasteiger partial charge >= 0.3 is 5.97 Å². The van der Waals surface area contributed by atoms with E-state index in [4.69, 9.17) is 0 Å². The number of carboxylic acid groups (broad SMARTS) is 1. The molecule has 2 heterocycles. The standard InChI is InChI=1S/C29H42N2O5/c1-20(15-21-7-3-2-4-8-21)26(33)30-14-13-29(36,28(18-30)11-5-6-12-28)19-31-17-24(27(34)35)23(16-25(31)32)22-9-10-22/h16-17,20-22,36H,2-15,18-19H2,1H3,(H,34,35)/t20?,29-/m1/s1. The molecular weight excluding hydrogens is 456 g/mol. The number of pyridine rings is 1. The van der Waals surface area contributed by atoms with E-state index < -0.39 is 17.0 Å². The quantitative estimate of drug-likeness (QED) is 0.574. The minimum Gasteiger partial charge on any atom is -0.478 e. The van der Waals surface area contributed by atoms with E-state index in [1.165, 1.54) is 48.9 Å². The molecule has 4 aliphatic rings. The van der Waals surface area contributed by atoms with Crippen LogP contribution in [-0.4, -0.2) is 50.2 Å². The van der Waals surface area contributed by atoms with Crippen LogP contribution in [0.15, 0.2) is 17.1 Å². The smallest absolute Gasteiger partial charge is 0.337 e. The summed E-state index contributed by atoms with van der Waals surface area (Å²) in [7, 11) is 0. The zero-order chi connectivity index (χ0) is 25.5. The first-order valence-corrected chi connectivity index (χ1v) is 14.2. The van der Waals surface area contributed by atoms with Gasteiger partial charge in [0.05, 0.1) is 17.7 Å². The van der Waals surface area contributed by atoms with Crippen molar-refractivity contribution in [2.75, 3.05) is 13.1 Å². The Kier molecular flexibility index (Phi) is 7.05. The first-order chi connectivity index (χ1) is 17.2. The van der Waals surface area contributed by atoms with Gasteiger partial charge in [-0.25, -0.2) is 4.79 Å². The van der Waals surface area contributed by atoms with Gasteiger partial charge in [-0.15, -0.1) is 0 Å². The lowest BCUT2D eigenvalue weighted by atomic mass is 9.65. The van der Waals surface area contributed by atoms with E-state index in [-0.39, 0.29) is 35.4 Å². The zero-order valence-electron chi connectivity index (χ0n) is 21.7. The molecule has 1 aliphatic heterocycles. The summed E-state index contributed by atoms with van der Waals surface area (Å²) in [5, 5.41) is 21.8. The van der Waals surface area contributed by atoms with Crippen LogP contribution in [-0.2, 0) is 11.3 Å². The molecule has 5 rings (SSSR count). The molecule has 1 aromatic rings. The number of aromatic carboxylic acids is 1. The van der Waals surface area contributed by atoms with Crippen molar-refractivity contribution in [2.24, 2.45) is 17.3 Å². The van der Waals surface area contributed by atoms with Crippen molar-refractivity contribution in [3.05, 3.63) is 33.7 Å². The lowest BCUT2D eigenvalue weighted by Crippen LogP contribution is -2.62. The second-order valence-corrected chi connectivity index (χ2v) is 12.4. The summed E-state index contributed by atoms with van der Waals surface area (Å²) in [5.74, 6) is -0.0246. The molecule has 1 unspecified atom stereocenters. The van der Waals surface area contributed by atoms with Crippen LogP contribution >= 0.6 is 0 Å². The van der Waals surface area contributed by atoms with E-state index in [1.54, 1.807) is 0 Å². The highest BCUT2D eigenvalue weighted by Crippen LogP contribution is 2.52. The fraction of sp³-hybridized carbons (Fsp3) is 0.759. The molecule has 0 radical (unpaired) electrons. The Morgan fingerprint density at radius 2 is 1.75 bits per heavy atom. The second-order valence-electron chi connectivity index (χ2n) is 12.4. The number of aliphatic hydroxyl groups is 1. The van der Waals surface area contributed by atoms with Gasteiger partial charge < -0.3 is 19.7 Å². The Labute approximate surface area is 213 Å². The van der Waals surface area contributed by atoms with Crippen LogP contribution in [0.25, 0.3) is 0 Å². The molecule has 1 spiro atoms. The number of piperidine rings is 1. The summed E-state index contributed by atoms with van der Waals surface area (Å²) in [5.41, 5.74) is -1.05. The number of aromatic nitrogens is 1. The molecule has 7 nitrogen and oxygen atoms in total. The van der Waals surface area contributed by atoms with E-state index in [2.05, 4.69) is 6.92 Å². The summed E-state index contributed by atoms with van der Waals surface area (Å²) in [6.07, 6.45) is 14.6. The monoisotopic (exact) mass is 498 g/mol. The number of hydrogen-bond acceptors (Lipinski definition) is 4. The van der Waals surface area contributed by atoms with Gasteiger partial charge in [-0.2, -0.15) is 0 Å². The van der Waals surface area contributed by atoms with Gasteiger partial charge in [0, 0.05) is 36.7 Å². The van der Waals surface area contributed by atoms with Crippen LogP contribution in [0.4, 0.5) is 0 Å². The third kappa shape index (κ3) is 4.88. The number of amides is 1. The highest BCUT2D eigenvalue weighted by Gasteiger charge is 2.56. The zero-order valence-corrected chi connectivity index (χ0v) is 21.7. The molecule has 0 aromatic carbocycles. The fourth-order valence-corrected chi connectivity index (χ4v) is 7.53. The van der Waals surface area contributed by atoms with Crippen LogP contribution in [0.1, 0.15) is 112 Å². The Morgan fingerprint density at radius 1 is 1.06 bits per heavy atom. The average Bonchev–Trinajstić information content (AvgIpc) is 3.60. The highest BCUT2D eigenvalue weighted by molar-refractivity contribution is 5.89. The van der Waals surface area contributed by atoms with Gasteiger partial charge in [0.15, 0.2) is 0 Å². The molecule has 2 atom stereocenters. The minimum atomic E-state index is -1.15. The summed E-state index contributed by atoms with van der Waals surface area (Å²) < 4.78 is 1.42. The number of carbonyl (C=O) groups excluding carboxylic acids is 1. The third-order valence-electron chi connectivity index (χ3n) is 9.82. The number of carbonyl (C=O) groups is 2. The summed E-state index contributed by atoms with van der Waals surface area (Å²) in [4.78, 5) is 40.4. The van der Waals surface area contributed by atoms with Crippen LogP contribution < -0.4 is 5.56 Å². The molecule has 2 N–H and O–H groups in total. The molecule has 1 saturated heterocycles. The van der Waals surface area contributed by atoms with Crippen molar-refractivity contribution in [3.63, 3.8) is 0 Å². The normalized spacial score (nSPS) is 27.3. The predicted octanol–water partition coefficient (Wildman–Crippen LogP) is 4.55. The number of carboxylic acids is 1. The fourth-order valence-electron chi connectivity index (χ4n) is 7.53. The van der Waals surface area contributed by atoms with Gasteiger partial charge in [0.25, 0.3) is 5.56 Å². The molecule has 4 fully saturated rings. The summed E-state index contributed by atoms with van der Waals surface area (Å²) in [6, 6.07) is 1.47. The molecule has 36 heavy (non-hydrogen) atoms. The Balaban J connectivity index is 1.34. The van der Waals surface area contributed by atoms with E-state index in [9.17, 15) is 24.6 Å². The van der Waals surface area contributed by atoms with Crippen molar-refractivity contribution in [1.29, 1.82) is 0 Å². The number of hydrogen-bond donors (Lipinski definition) is 2. The molecule has 198 valence electrons. The maximum atomic E-state index is 13.5. The van der Waals surface area contributed by atoms with Crippen molar-refractivity contribution in [3.8, 4) is 0 Å². The van der Waals surface area contributed by atoms with E-state index in [0.717, 1.165) is 44.9 Å². The predicted molar refractivity (Wildman–Crippen MR) is 137 cm³/mol. The largest absolute Gasteiger partial charge is 0.478 e. The first kappa shape index (κ1) is 25.5. The van der Waals surface area contributed by atoms with Crippen molar-refractivity contribution in [1.82, 2.24) is 9.47 Å². The van der Waals surface area contributed by atoms with Crippen LogP contribution in [0.2, 0.25) is 0 Å². The van der Waals surface area contributed by atoms with Crippen LogP contribution in [0.3, 0.4) is 0 Å². The molecule has 1 aromatic heterocycles. The van der Waals surface area contributed by atoms with Crippen molar-refractivity contribution >= 4 is 11.9 Å². The maximum absolute atomic E-state index is 13.5. The molecule has 0 bridgehead atoms. The van der Waals surface area contributed by atoms with Crippen LogP contribution in [0, 0.1) is 17.3 Å². The molecular formula is C29H42N2O5. The molecule has 7 heteroatoms. The Hall–Kier alpha value is -2.15. The summed E-state index contributed by atoms with van der Waals surface area (Å²) >= 11 is 0. The lowest BCUT2D eigenvalue weighted by molar-refractivity contribution is -0.163. The highest BCUT2D eigenvalue weighted by atomic mass is 16.4. The molecule has 3 saturated carbocycles. The molecule has 1 amide bonds. The first-order valence-electron chi connectivity index (χ1n) is 14.2. The van der Waals surface area contributed by atoms with E-state index >= 15 is 0 Å². The van der Waals surface area contributed by atoms with Gasteiger partial charge in [-0.1, -0.05) is 51.9 Å². The van der Waals surface area contributed by atoms with E-state index in [0.29, 0.717) is 31.0 Å². The van der Waals surface area contributed by atoms with Gasteiger partial charge in [0.1, 0.15) is 0 Å². The summed E-state index contributed by atoms with van der Waals surface area (Å²) in [6.45, 7) is 3.15. The van der Waals surface area contributed by atoms with Crippen molar-refractivity contribution < 1.29 is 19.8 Å². The Bertz CT molecular complexity index is 1050. The van der Waals surface area contributed by atoms with Crippen molar-refractivity contribution in [2.45, 2.75) is 108 Å². The number of nitrogens with zero attached hydrogens (tertiary/aromatic N) is 2. The van der Waals surface area contributed by atoms with E-state index in [1.807, 2.05) is 4.90 Å². The third-order valence-corrected chi connectivity index (χ3v) is 9.82. The number of rotatable bonds is 7. The number of likely N-dealkylation sites (tertiary alicyclic amines) is 1. The SMILES string of the molecule is CC(CC1CCCCC1)C(=O)N1CC[C@@](O)(Cn2cc(C(=O)O)c(C3CC3)cc2=O)C2(CCCC2)C1. The van der Waals surface area contributed by atoms with Gasteiger partial charge in [-0.3, -0.25) is 9.59 Å². The van der Waals surface area contributed by atoms with Gasteiger partial charge in [-0.05, 0) is 55.9 Å². The van der Waals surface area contributed by atoms with Crippen LogP contribution in [0.5, 0.6) is 0 Å². The lowest BCUT2D eigenvalue weighted by Gasteiger charge is -2.53. The van der Waals surface area contributed by atoms with Gasteiger partial charge in [0.2, 0.25) is 5.91 Å². The topological polar surface area (TPSA) is 99.8 Å². The maximum Gasteiger partial charge on any atom is 0.337 e. The molecule has 3 aliphatic carbocycles.